The number of fused-ring (bicyclic) bond motifs is 1. The molecule has 1 aliphatic carbocycles. The molecule has 2 amide bonds. The summed E-state index contributed by atoms with van der Waals surface area (Å²) in [6, 6.07) is 0.961. The van der Waals surface area contributed by atoms with E-state index in [1.807, 2.05) is 39.5 Å². The van der Waals surface area contributed by atoms with E-state index in [4.69, 9.17) is 4.74 Å². The van der Waals surface area contributed by atoms with Crippen molar-refractivity contribution in [2.45, 2.75) is 123 Å². The van der Waals surface area contributed by atoms with Crippen molar-refractivity contribution in [3.8, 4) is 0 Å². The fourth-order valence-corrected chi connectivity index (χ4v) is 6.28. The van der Waals surface area contributed by atoms with Gasteiger partial charge in [-0.3, -0.25) is 9.69 Å². The Hall–Kier alpha value is -1.30. The van der Waals surface area contributed by atoms with E-state index in [-0.39, 0.29) is 11.6 Å². The number of hydrogen-bond acceptors (Lipinski definition) is 4. The first-order chi connectivity index (χ1) is 15.2. The molecular formula is C26H47N3O3. The van der Waals surface area contributed by atoms with E-state index < -0.39 is 5.60 Å². The van der Waals surface area contributed by atoms with Gasteiger partial charge in [-0.1, -0.05) is 26.7 Å². The van der Waals surface area contributed by atoms with Gasteiger partial charge in [-0.25, -0.2) is 4.79 Å². The molecule has 6 nitrogen and oxygen atoms in total. The topological polar surface area (TPSA) is 53.1 Å². The van der Waals surface area contributed by atoms with Crippen LogP contribution in [0.3, 0.4) is 0 Å². The van der Waals surface area contributed by atoms with Crippen molar-refractivity contribution < 1.29 is 14.3 Å². The molecule has 0 spiro atoms. The van der Waals surface area contributed by atoms with E-state index in [0.29, 0.717) is 23.9 Å². The lowest BCUT2D eigenvalue weighted by Crippen LogP contribution is -2.59. The maximum absolute atomic E-state index is 12.7. The zero-order valence-electron chi connectivity index (χ0n) is 21.5. The van der Waals surface area contributed by atoms with Gasteiger partial charge in [0.2, 0.25) is 5.91 Å². The van der Waals surface area contributed by atoms with Crippen molar-refractivity contribution in [3.63, 3.8) is 0 Å². The van der Waals surface area contributed by atoms with Crippen LogP contribution in [0.15, 0.2) is 0 Å². The molecule has 0 unspecified atom stereocenters. The van der Waals surface area contributed by atoms with Crippen LogP contribution in [0.1, 0.15) is 99.3 Å². The second-order valence-corrected chi connectivity index (χ2v) is 11.3. The lowest BCUT2D eigenvalue weighted by atomic mass is 9.83. The van der Waals surface area contributed by atoms with Crippen LogP contribution < -0.4 is 0 Å². The largest absolute Gasteiger partial charge is 0.444 e. The molecule has 0 aromatic rings. The van der Waals surface area contributed by atoms with Crippen molar-refractivity contribution in [1.82, 2.24) is 14.7 Å². The third-order valence-corrected chi connectivity index (χ3v) is 8.06. The Morgan fingerprint density at radius 3 is 2.16 bits per heavy atom. The minimum absolute atomic E-state index is 0.145. The lowest BCUT2D eigenvalue weighted by molar-refractivity contribution is -0.132. The molecule has 0 bridgehead atoms. The zero-order chi connectivity index (χ0) is 23.5. The summed E-state index contributed by atoms with van der Waals surface area (Å²) in [5, 5.41) is 0. The Morgan fingerprint density at radius 1 is 0.969 bits per heavy atom. The molecule has 0 N–H and O–H groups in total. The minimum Gasteiger partial charge on any atom is -0.444 e. The molecule has 2 atom stereocenters. The van der Waals surface area contributed by atoms with Crippen molar-refractivity contribution in [3.05, 3.63) is 0 Å². The van der Waals surface area contributed by atoms with Crippen LogP contribution in [0, 0.1) is 5.92 Å². The number of amides is 2. The third-order valence-electron chi connectivity index (χ3n) is 8.06. The summed E-state index contributed by atoms with van der Waals surface area (Å²) >= 11 is 0. The normalized spacial score (nSPS) is 29.2. The molecule has 0 radical (unpaired) electrons. The van der Waals surface area contributed by atoms with Gasteiger partial charge < -0.3 is 14.5 Å². The number of piperidine rings is 2. The van der Waals surface area contributed by atoms with Crippen LogP contribution in [0.4, 0.5) is 4.79 Å². The van der Waals surface area contributed by atoms with E-state index in [0.717, 1.165) is 58.3 Å². The number of rotatable bonds is 2. The Kier molecular flexibility index (Phi) is 8.16. The summed E-state index contributed by atoms with van der Waals surface area (Å²) < 4.78 is 5.55. The van der Waals surface area contributed by atoms with Crippen LogP contribution in [0.25, 0.3) is 0 Å². The summed E-state index contributed by atoms with van der Waals surface area (Å²) in [6.45, 7) is 15.8. The van der Waals surface area contributed by atoms with Gasteiger partial charge in [-0.15, -0.1) is 0 Å². The number of carbonyl (C=O) groups is 2. The molecule has 32 heavy (non-hydrogen) atoms. The molecule has 184 valence electrons. The lowest BCUT2D eigenvalue weighted by Gasteiger charge is -2.50. The number of carbonyl (C=O) groups excluding carboxylic acids is 2. The molecule has 3 heterocycles. The Balaban J connectivity index is 0.00000141. The van der Waals surface area contributed by atoms with Crippen molar-refractivity contribution in [1.29, 1.82) is 0 Å². The fourth-order valence-electron chi connectivity index (χ4n) is 6.28. The Bertz CT molecular complexity index is 643. The van der Waals surface area contributed by atoms with Gasteiger partial charge >= 0.3 is 6.09 Å². The Labute approximate surface area is 196 Å². The standard InChI is InChI=1S/C24H41N3O3.C2H6/c1-23(2,3)30-22(29)25-15-11-24(4,12-16-25)26-13-9-19(10-14-26)27-20-8-6-5-7-18(20)17-21(27)28;1-2/h18-20H,5-17H2,1-4H3;1-2H3/t18-,20+;/m1./s1. The fraction of sp³-hybridized carbons (Fsp3) is 0.923. The van der Waals surface area contributed by atoms with E-state index in [9.17, 15) is 9.59 Å². The van der Waals surface area contributed by atoms with Crippen molar-refractivity contribution >= 4 is 12.0 Å². The van der Waals surface area contributed by atoms with Gasteiger partial charge in [-0.2, -0.15) is 0 Å². The van der Waals surface area contributed by atoms with Gasteiger partial charge in [0.05, 0.1) is 0 Å². The summed E-state index contributed by atoms with van der Waals surface area (Å²) in [4.78, 5) is 32.0. The predicted molar refractivity (Wildman–Crippen MR) is 129 cm³/mol. The predicted octanol–water partition coefficient (Wildman–Crippen LogP) is 5.06. The number of ether oxygens (including phenoxy) is 1. The van der Waals surface area contributed by atoms with Gasteiger partial charge in [0.1, 0.15) is 5.60 Å². The first-order valence-corrected chi connectivity index (χ1v) is 13.2. The van der Waals surface area contributed by atoms with E-state index in [1.54, 1.807) is 0 Å². The second kappa shape index (κ2) is 10.3. The first kappa shape index (κ1) is 25.3. The van der Waals surface area contributed by atoms with Gasteiger partial charge in [0.15, 0.2) is 0 Å². The average molecular weight is 450 g/mol. The Morgan fingerprint density at radius 2 is 1.56 bits per heavy atom. The van der Waals surface area contributed by atoms with Gasteiger partial charge in [0.25, 0.3) is 0 Å². The molecular weight excluding hydrogens is 402 g/mol. The van der Waals surface area contributed by atoms with Crippen LogP contribution in [0.2, 0.25) is 0 Å². The van der Waals surface area contributed by atoms with Crippen molar-refractivity contribution in [2.75, 3.05) is 26.2 Å². The average Bonchev–Trinajstić information content (AvgIpc) is 3.10. The molecule has 4 fully saturated rings. The third kappa shape index (κ3) is 5.60. The zero-order valence-corrected chi connectivity index (χ0v) is 21.5. The van der Waals surface area contributed by atoms with Crippen LogP contribution in [0.5, 0.6) is 0 Å². The summed E-state index contributed by atoms with van der Waals surface area (Å²) in [5.74, 6) is 1.04. The van der Waals surface area contributed by atoms with E-state index in [2.05, 4.69) is 16.7 Å². The first-order valence-electron chi connectivity index (χ1n) is 13.2. The quantitative estimate of drug-likeness (QED) is 0.591. The SMILES string of the molecule is CC.CC(C)(C)OC(=O)N1CCC(C)(N2CCC(N3C(=O)C[C@H]4CCCC[C@@H]43)CC2)CC1. The molecule has 0 aromatic carbocycles. The summed E-state index contributed by atoms with van der Waals surface area (Å²) in [6.07, 6.45) is 9.85. The smallest absolute Gasteiger partial charge is 0.410 e. The highest BCUT2D eigenvalue weighted by Crippen LogP contribution is 2.40. The van der Waals surface area contributed by atoms with E-state index in [1.165, 1.54) is 25.7 Å². The number of nitrogens with zero attached hydrogens (tertiary/aromatic N) is 3. The molecule has 6 heteroatoms. The summed E-state index contributed by atoms with van der Waals surface area (Å²) in [5.41, 5.74) is -0.296. The maximum atomic E-state index is 12.7. The molecule has 3 saturated heterocycles. The summed E-state index contributed by atoms with van der Waals surface area (Å²) in [7, 11) is 0. The molecule has 0 aromatic heterocycles. The monoisotopic (exact) mass is 449 g/mol. The molecule has 4 aliphatic rings. The molecule has 3 aliphatic heterocycles. The van der Waals surface area contributed by atoms with Gasteiger partial charge in [0, 0.05) is 50.2 Å². The number of hydrogen-bond donors (Lipinski definition) is 0. The molecule has 1 saturated carbocycles. The van der Waals surface area contributed by atoms with E-state index >= 15 is 0 Å². The van der Waals surface area contributed by atoms with Crippen LogP contribution in [-0.2, 0) is 9.53 Å². The maximum Gasteiger partial charge on any atom is 0.410 e. The number of likely N-dealkylation sites (tertiary alicyclic amines) is 3. The second-order valence-electron chi connectivity index (χ2n) is 11.3. The van der Waals surface area contributed by atoms with Gasteiger partial charge in [-0.05, 0) is 72.1 Å². The highest BCUT2D eigenvalue weighted by molar-refractivity contribution is 5.79. The minimum atomic E-state index is -0.440. The van der Waals surface area contributed by atoms with Crippen LogP contribution in [-0.4, -0.2) is 76.1 Å². The van der Waals surface area contributed by atoms with Crippen LogP contribution >= 0.6 is 0 Å². The van der Waals surface area contributed by atoms with Crippen molar-refractivity contribution in [2.24, 2.45) is 5.92 Å². The molecule has 4 rings (SSSR count). The highest BCUT2D eigenvalue weighted by atomic mass is 16.6. The highest BCUT2D eigenvalue weighted by Gasteiger charge is 2.46.